The van der Waals surface area contributed by atoms with E-state index in [4.69, 9.17) is 14.6 Å². The van der Waals surface area contributed by atoms with Crippen LogP contribution in [0.25, 0.3) is 0 Å². The van der Waals surface area contributed by atoms with Gasteiger partial charge in [0.05, 0.1) is 32.3 Å². The van der Waals surface area contributed by atoms with Crippen molar-refractivity contribution in [3.8, 4) is 0 Å². The first-order valence-electron chi connectivity index (χ1n) is 4.08. The Morgan fingerprint density at radius 3 is 2.75 bits per heavy atom. The predicted molar refractivity (Wildman–Crippen MR) is 43.7 cm³/mol. The number of aliphatic hydroxyl groups is 1. The van der Waals surface area contributed by atoms with Crippen molar-refractivity contribution in [2.24, 2.45) is 0 Å². The van der Waals surface area contributed by atoms with Gasteiger partial charge in [0, 0.05) is 0 Å². The Labute approximate surface area is 72.5 Å². The van der Waals surface area contributed by atoms with Gasteiger partial charge in [0.1, 0.15) is 0 Å². The molecule has 0 amide bonds. The van der Waals surface area contributed by atoms with E-state index in [1.54, 1.807) is 13.8 Å². The van der Waals surface area contributed by atoms with Crippen LogP contribution in [0, 0.1) is 0 Å². The van der Waals surface area contributed by atoms with Crippen LogP contribution in [0.3, 0.4) is 0 Å². The topological polar surface area (TPSA) is 55.8 Å². The number of aliphatic hydroxyl groups excluding tert-OH is 1. The summed E-state index contributed by atoms with van der Waals surface area (Å²) in [6.07, 6.45) is 0.0598. The summed E-state index contributed by atoms with van der Waals surface area (Å²) in [4.78, 5) is 10.9. The number of hydrogen-bond acceptors (Lipinski definition) is 4. The Bertz CT molecular complexity index is 124. The van der Waals surface area contributed by atoms with Crippen LogP contribution >= 0.6 is 0 Å². The summed E-state index contributed by atoms with van der Waals surface area (Å²) in [5.41, 5.74) is 0. The SMILES string of the molecule is CCOC(=O)CC(C)OCCO. The number of hydrogen-bond donors (Lipinski definition) is 1. The van der Waals surface area contributed by atoms with E-state index in [2.05, 4.69) is 0 Å². The molecule has 0 aliphatic rings. The van der Waals surface area contributed by atoms with Gasteiger partial charge in [-0.05, 0) is 13.8 Å². The van der Waals surface area contributed by atoms with Crippen LogP contribution in [-0.2, 0) is 14.3 Å². The monoisotopic (exact) mass is 176 g/mol. The van der Waals surface area contributed by atoms with Crippen LogP contribution < -0.4 is 0 Å². The molecule has 12 heavy (non-hydrogen) atoms. The Kier molecular flexibility index (Phi) is 6.70. The Hall–Kier alpha value is -0.610. The number of carbonyl (C=O) groups excluding carboxylic acids is 1. The second-order valence-corrected chi connectivity index (χ2v) is 2.41. The molecule has 0 spiro atoms. The largest absolute Gasteiger partial charge is 0.466 e. The highest BCUT2D eigenvalue weighted by Gasteiger charge is 2.09. The van der Waals surface area contributed by atoms with Crippen molar-refractivity contribution in [3.63, 3.8) is 0 Å². The lowest BCUT2D eigenvalue weighted by Gasteiger charge is -2.10. The first-order valence-corrected chi connectivity index (χ1v) is 4.08. The van der Waals surface area contributed by atoms with E-state index >= 15 is 0 Å². The third kappa shape index (κ3) is 6.12. The molecule has 1 atom stereocenters. The number of esters is 1. The second kappa shape index (κ2) is 7.06. The normalized spacial score (nSPS) is 12.6. The maximum atomic E-state index is 10.9. The highest BCUT2D eigenvalue weighted by Crippen LogP contribution is 1.98. The Morgan fingerprint density at radius 2 is 2.25 bits per heavy atom. The fourth-order valence-corrected chi connectivity index (χ4v) is 0.767. The van der Waals surface area contributed by atoms with Crippen LogP contribution in [0.15, 0.2) is 0 Å². The van der Waals surface area contributed by atoms with Gasteiger partial charge in [-0.25, -0.2) is 0 Å². The van der Waals surface area contributed by atoms with Gasteiger partial charge >= 0.3 is 5.97 Å². The van der Waals surface area contributed by atoms with E-state index in [1.165, 1.54) is 0 Å². The standard InChI is InChI=1S/C8H16O4/c1-3-11-8(10)6-7(2)12-5-4-9/h7,9H,3-6H2,1-2H3. The smallest absolute Gasteiger partial charge is 0.308 e. The van der Waals surface area contributed by atoms with Gasteiger partial charge < -0.3 is 14.6 Å². The van der Waals surface area contributed by atoms with Crippen molar-refractivity contribution in [1.82, 2.24) is 0 Å². The number of carbonyl (C=O) groups is 1. The lowest BCUT2D eigenvalue weighted by molar-refractivity contribution is -0.146. The summed E-state index contributed by atoms with van der Waals surface area (Å²) in [5.74, 6) is -0.261. The zero-order valence-electron chi connectivity index (χ0n) is 7.58. The molecular weight excluding hydrogens is 160 g/mol. The molecule has 0 rings (SSSR count). The van der Waals surface area contributed by atoms with E-state index in [-0.39, 0.29) is 31.7 Å². The summed E-state index contributed by atoms with van der Waals surface area (Å²) >= 11 is 0. The minimum absolute atomic E-state index is 0.0207. The molecule has 0 aliphatic carbocycles. The fourth-order valence-electron chi connectivity index (χ4n) is 0.767. The summed E-state index contributed by atoms with van der Waals surface area (Å²) in [7, 11) is 0. The third-order valence-electron chi connectivity index (χ3n) is 1.25. The highest BCUT2D eigenvalue weighted by atomic mass is 16.5. The van der Waals surface area contributed by atoms with Crippen LogP contribution in [-0.4, -0.2) is 37.0 Å². The first-order chi connectivity index (χ1) is 5.70. The van der Waals surface area contributed by atoms with E-state index < -0.39 is 0 Å². The van der Waals surface area contributed by atoms with E-state index in [0.29, 0.717) is 6.61 Å². The maximum Gasteiger partial charge on any atom is 0.308 e. The molecule has 0 bridgehead atoms. The van der Waals surface area contributed by atoms with Crippen molar-refractivity contribution in [2.75, 3.05) is 19.8 Å². The molecule has 0 radical (unpaired) electrons. The second-order valence-electron chi connectivity index (χ2n) is 2.41. The van der Waals surface area contributed by atoms with E-state index in [1.807, 2.05) is 0 Å². The summed E-state index contributed by atoms with van der Waals surface area (Å²) in [6.45, 7) is 4.17. The Morgan fingerprint density at radius 1 is 1.58 bits per heavy atom. The van der Waals surface area contributed by atoms with Gasteiger partial charge in [0.2, 0.25) is 0 Å². The van der Waals surface area contributed by atoms with Gasteiger partial charge in [-0.15, -0.1) is 0 Å². The molecular formula is C8H16O4. The average Bonchev–Trinajstić information content (AvgIpc) is 2.01. The summed E-state index contributed by atoms with van der Waals surface area (Å²) < 4.78 is 9.77. The highest BCUT2D eigenvalue weighted by molar-refractivity contribution is 5.69. The Balaban J connectivity index is 3.40. The average molecular weight is 176 g/mol. The lowest BCUT2D eigenvalue weighted by atomic mass is 10.3. The van der Waals surface area contributed by atoms with E-state index in [9.17, 15) is 4.79 Å². The molecule has 72 valence electrons. The van der Waals surface area contributed by atoms with Crippen LogP contribution in [0.2, 0.25) is 0 Å². The van der Waals surface area contributed by atoms with E-state index in [0.717, 1.165) is 0 Å². The molecule has 0 saturated carbocycles. The van der Waals surface area contributed by atoms with Crippen molar-refractivity contribution in [1.29, 1.82) is 0 Å². The van der Waals surface area contributed by atoms with Gasteiger partial charge in [-0.2, -0.15) is 0 Å². The van der Waals surface area contributed by atoms with Crippen LogP contribution in [0.1, 0.15) is 20.3 Å². The minimum Gasteiger partial charge on any atom is -0.466 e. The fraction of sp³-hybridized carbons (Fsp3) is 0.875. The molecule has 0 aliphatic heterocycles. The minimum atomic E-state index is -0.261. The number of rotatable bonds is 6. The van der Waals surface area contributed by atoms with Crippen LogP contribution in [0.5, 0.6) is 0 Å². The number of ether oxygens (including phenoxy) is 2. The van der Waals surface area contributed by atoms with Crippen molar-refractivity contribution in [3.05, 3.63) is 0 Å². The molecule has 0 fully saturated rings. The van der Waals surface area contributed by atoms with Crippen molar-refractivity contribution < 1.29 is 19.4 Å². The van der Waals surface area contributed by atoms with Crippen LogP contribution in [0.4, 0.5) is 0 Å². The molecule has 4 nitrogen and oxygen atoms in total. The molecule has 1 unspecified atom stereocenters. The van der Waals surface area contributed by atoms with Crippen molar-refractivity contribution in [2.45, 2.75) is 26.4 Å². The third-order valence-corrected chi connectivity index (χ3v) is 1.25. The zero-order chi connectivity index (χ0) is 9.40. The van der Waals surface area contributed by atoms with Gasteiger partial charge in [-0.1, -0.05) is 0 Å². The predicted octanol–water partition coefficient (Wildman–Crippen LogP) is 0.337. The van der Waals surface area contributed by atoms with Gasteiger partial charge in [0.15, 0.2) is 0 Å². The molecule has 0 aromatic rings. The summed E-state index contributed by atoms with van der Waals surface area (Å²) in [6, 6.07) is 0. The first kappa shape index (κ1) is 11.4. The zero-order valence-corrected chi connectivity index (χ0v) is 7.58. The molecule has 1 N–H and O–H groups in total. The molecule has 0 saturated heterocycles. The molecule has 0 aromatic heterocycles. The lowest BCUT2D eigenvalue weighted by Crippen LogP contribution is -2.17. The quantitative estimate of drug-likeness (QED) is 0.593. The molecule has 0 heterocycles. The van der Waals surface area contributed by atoms with Crippen molar-refractivity contribution >= 4 is 5.97 Å². The molecule has 4 heteroatoms. The van der Waals surface area contributed by atoms with Gasteiger partial charge in [0.25, 0.3) is 0 Å². The maximum absolute atomic E-state index is 10.9. The summed E-state index contributed by atoms with van der Waals surface area (Å²) in [5, 5.41) is 8.41. The van der Waals surface area contributed by atoms with Gasteiger partial charge in [-0.3, -0.25) is 4.79 Å². The molecule has 0 aromatic carbocycles.